The second kappa shape index (κ2) is 6.16. The van der Waals surface area contributed by atoms with Gasteiger partial charge in [-0.2, -0.15) is 0 Å². The summed E-state index contributed by atoms with van der Waals surface area (Å²) in [7, 11) is 0. The van der Waals surface area contributed by atoms with Gasteiger partial charge in [-0.15, -0.1) is 35.0 Å². The minimum absolute atomic E-state index is 0.171. The second-order valence-electron chi connectivity index (χ2n) is 3.13. The van der Waals surface area contributed by atoms with Gasteiger partial charge in [-0.1, -0.05) is 0 Å². The summed E-state index contributed by atoms with van der Waals surface area (Å²) in [5, 5.41) is -0.812. The van der Waals surface area contributed by atoms with Crippen LogP contribution in [0.4, 0.5) is 0 Å². The van der Waals surface area contributed by atoms with Crippen LogP contribution in [0.1, 0.15) is 25.7 Å². The Hall–Kier alpha value is -0.390. The third-order valence-electron chi connectivity index (χ3n) is 1.86. The van der Waals surface area contributed by atoms with E-state index in [2.05, 4.69) is 11.8 Å². The molecule has 2 atom stereocenters. The standard InChI is InChI=1S/C10H12Cl2O2/c11-8-5-3-1-2-4-6-14-10(13)9(12)7-8/h8-9H,2,4-7H2. The Morgan fingerprint density at radius 2 is 2.14 bits per heavy atom. The highest BCUT2D eigenvalue weighted by Crippen LogP contribution is 2.15. The van der Waals surface area contributed by atoms with Crippen molar-refractivity contribution in [3.8, 4) is 11.8 Å². The van der Waals surface area contributed by atoms with E-state index >= 15 is 0 Å². The van der Waals surface area contributed by atoms with Gasteiger partial charge in [0.25, 0.3) is 0 Å². The summed E-state index contributed by atoms with van der Waals surface area (Å²) in [6.07, 6.45) is 2.49. The molecule has 0 saturated carbocycles. The van der Waals surface area contributed by atoms with Crippen LogP contribution in [-0.4, -0.2) is 23.3 Å². The lowest BCUT2D eigenvalue weighted by atomic mass is 10.2. The number of carbonyl (C=O) groups is 1. The van der Waals surface area contributed by atoms with E-state index in [4.69, 9.17) is 27.9 Å². The van der Waals surface area contributed by atoms with E-state index in [0.717, 1.165) is 12.8 Å². The largest absolute Gasteiger partial charge is 0.465 e. The number of ether oxygens (including phenoxy) is 1. The average Bonchev–Trinajstić information content (AvgIpc) is 2.17. The normalized spacial score (nSPS) is 29.4. The van der Waals surface area contributed by atoms with Crippen LogP contribution in [0.3, 0.4) is 0 Å². The van der Waals surface area contributed by atoms with E-state index in [-0.39, 0.29) is 11.3 Å². The first-order chi connectivity index (χ1) is 6.70. The van der Waals surface area contributed by atoms with Gasteiger partial charge in [0.15, 0.2) is 0 Å². The lowest BCUT2D eigenvalue weighted by molar-refractivity contribution is -0.143. The zero-order chi connectivity index (χ0) is 10.4. The fraction of sp³-hybridized carbons (Fsp3) is 0.700. The maximum absolute atomic E-state index is 11.2. The van der Waals surface area contributed by atoms with Gasteiger partial charge in [-0.3, -0.25) is 4.79 Å². The number of cyclic esters (lactones) is 1. The summed E-state index contributed by atoms with van der Waals surface area (Å²) < 4.78 is 4.94. The summed E-state index contributed by atoms with van der Waals surface area (Å²) in [5.41, 5.74) is 0. The molecular weight excluding hydrogens is 223 g/mol. The smallest absolute Gasteiger partial charge is 0.324 e. The number of alkyl halides is 2. The van der Waals surface area contributed by atoms with E-state index in [1.807, 2.05) is 0 Å². The van der Waals surface area contributed by atoms with Gasteiger partial charge >= 0.3 is 5.97 Å². The summed E-state index contributed by atoms with van der Waals surface area (Å²) in [4.78, 5) is 11.2. The van der Waals surface area contributed by atoms with Crippen molar-refractivity contribution >= 4 is 29.2 Å². The highest BCUT2D eigenvalue weighted by atomic mass is 35.5. The quantitative estimate of drug-likeness (QED) is 0.366. The number of halogens is 2. The highest BCUT2D eigenvalue weighted by Gasteiger charge is 2.20. The minimum Gasteiger partial charge on any atom is -0.465 e. The maximum atomic E-state index is 11.2. The van der Waals surface area contributed by atoms with Crippen LogP contribution < -0.4 is 0 Å². The van der Waals surface area contributed by atoms with Crippen LogP contribution in [0.15, 0.2) is 0 Å². The second-order valence-corrected chi connectivity index (χ2v) is 4.27. The molecule has 0 aromatic heterocycles. The molecule has 1 rings (SSSR count). The fourth-order valence-corrected chi connectivity index (χ4v) is 1.72. The van der Waals surface area contributed by atoms with E-state index in [9.17, 15) is 4.79 Å². The van der Waals surface area contributed by atoms with Crippen molar-refractivity contribution in [1.29, 1.82) is 0 Å². The SMILES string of the molecule is O=C1OCCCC#CCC(Cl)CC1Cl. The van der Waals surface area contributed by atoms with Crippen molar-refractivity contribution in [1.82, 2.24) is 0 Å². The van der Waals surface area contributed by atoms with Crippen LogP contribution in [0.5, 0.6) is 0 Å². The van der Waals surface area contributed by atoms with Crippen molar-refractivity contribution in [2.75, 3.05) is 6.61 Å². The molecule has 14 heavy (non-hydrogen) atoms. The molecule has 0 bridgehead atoms. The Kier molecular flexibility index (Phi) is 5.14. The van der Waals surface area contributed by atoms with Crippen molar-refractivity contribution in [2.24, 2.45) is 0 Å². The molecule has 0 aromatic rings. The molecule has 0 radical (unpaired) electrons. The van der Waals surface area contributed by atoms with Crippen molar-refractivity contribution in [3.05, 3.63) is 0 Å². The number of hydrogen-bond acceptors (Lipinski definition) is 2. The molecule has 0 aromatic carbocycles. The van der Waals surface area contributed by atoms with Gasteiger partial charge in [0.1, 0.15) is 5.38 Å². The Labute approximate surface area is 93.9 Å². The molecule has 1 heterocycles. The first-order valence-corrected chi connectivity index (χ1v) is 5.48. The van der Waals surface area contributed by atoms with Gasteiger partial charge in [-0.05, 0) is 12.8 Å². The predicted molar refractivity (Wildman–Crippen MR) is 56.5 cm³/mol. The Balaban J connectivity index is 2.52. The van der Waals surface area contributed by atoms with Crippen LogP contribution >= 0.6 is 23.2 Å². The van der Waals surface area contributed by atoms with Gasteiger partial charge in [-0.25, -0.2) is 0 Å². The molecule has 0 N–H and O–H groups in total. The Morgan fingerprint density at radius 3 is 2.93 bits per heavy atom. The monoisotopic (exact) mass is 234 g/mol. The van der Waals surface area contributed by atoms with Crippen molar-refractivity contribution in [3.63, 3.8) is 0 Å². The first-order valence-electron chi connectivity index (χ1n) is 4.60. The van der Waals surface area contributed by atoms with Crippen LogP contribution in [0, 0.1) is 11.8 Å². The van der Waals surface area contributed by atoms with Crippen LogP contribution in [0.2, 0.25) is 0 Å². The number of esters is 1. The minimum atomic E-state index is -0.641. The molecule has 1 aliphatic heterocycles. The lowest BCUT2D eigenvalue weighted by Gasteiger charge is -2.11. The molecule has 0 spiro atoms. The molecule has 0 fully saturated rings. The first kappa shape index (κ1) is 11.7. The zero-order valence-corrected chi connectivity index (χ0v) is 9.27. The van der Waals surface area contributed by atoms with Gasteiger partial charge in [0, 0.05) is 18.2 Å². The van der Waals surface area contributed by atoms with E-state index in [1.165, 1.54) is 0 Å². The molecule has 4 heteroatoms. The van der Waals surface area contributed by atoms with Gasteiger partial charge < -0.3 is 4.74 Å². The van der Waals surface area contributed by atoms with Crippen molar-refractivity contribution < 1.29 is 9.53 Å². The number of hydrogen-bond donors (Lipinski definition) is 0. The predicted octanol–water partition coefficient (Wildman–Crippen LogP) is 2.32. The number of rotatable bonds is 0. The zero-order valence-electron chi connectivity index (χ0n) is 7.76. The topological polar surface area (TPSA) is 26.3 Å². The summed E-state index contributed by atoms with van der Waals surface area (Å²) >= 11 is 11.7. The molecule has 78 valence electrons. The average molecular weight is 235 g/mol. The molecule has 1 aliphatic rings. The maximum Gasteiger partial charge on any atom is 0.324 e. The summed E-state index contributed by atoms with van der Waals surface area (Å²) in [6, 6.07) is 0. The van der Waals surface area contributed by atoms with E-state index < -0.39 is 5.38 Å². The summed E-state index contributed by atoms with van der Waals surface area (Å²) in [6.45, 7) is 0.393. The van der Waals surface area contributed by atoms with Crippen LogP contribution in [-0.2, 0) is 9.53 Å². The Bertz CT molecular complexity index is 255. The molecule has 0 aliphatic carbocycles. The van der Waals surface area contributed by atoms with E-state index in [0.29, 0.717) is 19.4 Å². The number of carbonyl (C=O) groups excluding carboxylic acids is 1. The third kappa shape index (κ3) is 4.21. The Morgan fingerprint density at radius 1 is 1.36 bits per heavy atom. The van der Waals surface area contributed by atoms with E-state index in [1.54, 1.807) is 0 Å². The fourth-order valence-electron chi connectivity index (χ4n) is 1.10. The lowest BCUT2D eigenvalue weighted by Crippen LogP contribution is -2.21. The van der Waals surface area contributed by atoms with Gasteiger partial charge in [0.2, 0.25) is 0 Å². The van der Waals surface area contributed by atoms with Crippen LogP contribution in [0.25, 0.3) is 0 Å². The van der Waals surface area contributed by atoms with Gasteiger partial charge in [0.05, 0.1) is 6.61 Å². The molecule has 0 saturated heterocycles. The highest BCUT2D eigenvalue weighted by molar-refractivity contribution is 6.30. The van der Waals surface area contributed by atoms with Crippen molar-refractivity contribution in [2.45, 2.75) is 36.4 Å². The molecule has 2 nitrogen and oxygen atoms in total. The summed E-state index contributed by atoms with van der Waals surface area (Å²) in [5.74, 6) is 5.56. The third-order valence-corrected chi connectivity index (χ3v) is 2.55. The molecule has 0 amide bonds. The molecule has 2 unspecified atom stereocenters. The molecular formula is C10H12Cl2O2.